The minimum Gasteiger partial charge on any atom is -0.495 e. The number of rotatable bonds is 6. The van der Waals surface area contributed by atoms with Crippen molar-refractivity contribution < 1.29 is 14.3 Å². The molecule has 0 spiro atoms. The van der Waals surface area contributed by atoms with Crippen LogP contribution in [-0.2, 0) is 4.79 Å². The fraction of sp³-hybridized carbons (Fsp3) is 0.409. The lowest BCUT2D eigenvalue weighted by molar-refractivity contribution is -0.139. The van der Waals surface area contributed by atoms with Crippen molar-refractivity contribution in [3.8, 4) is 11.5 Å². The highest BCUT2D eigenvalue weighted by molar-refractivity contribution is 6.31. The van der Waals surface area contributed by atoms with E-state index in [0.717, 1.165) is 30.1 Å². The molecule has 1 fully saturated rings. The molecule has 0 aromatic heterocycles. The predicted octanol–water partition coefficient (Wildman–Crippen LogP) is 4.16. The van der Waals surface area contributed by atoms with E-state index >= 15 is 0 Å². The van der Waals surface area contributed by atoms with Crippen molar-refractivity contribution in [2.24, 2.45) is 0 Å². The summed E-state index contributed by atoms with van der Waals surface area (Å²) in [5.41, 5.74) is 2.00. The summed E-state index contributed by atoms with van der Waals surface area (Å²) < 4.78 is 11.4. The molecule has 2 aromatic carbocycles. The number of halogens is 1. The van der Waals surface area contributed by atoms with Gasteiger partial charge >= 0.3 is 0 Å². The molecule has 1 heterocycles. The molecule has 1 saturated heterocycles. The molecule has 28 heavy (non-hydrogen) atoms. The zero-order valence-electron chi connectivity index (χ0n) is 16.7. The molecular formula is C22H27ClN2O3. The zero-order chi connectivity index (χ0) is 20.1. The number of methoxy groups -OCH3 is 1. The van der Waals surface area contributed by atoms with Gasteiger partial charge in [0.2, 0.25) is 0 Å². The molecule has 0 unspecified atom stereocenters. The van der Waals surface area contributed by atoms with Gasteiger partial charge in [0.1, 0.15) is 11.5 Å². The number of ether oxygens (including phenoxy) is 2. The number of hydrogen-bond acceptors (Lipinski definition) is 4. The van der Waals surface area contributed by atoms with Crippen LogP contribution in [0.25, 0.3) is 0 Å². The Morgan fingerprint density at radius 3 is 2.50 bits per heavy atom. The van der Waals surface area contributed by atoms with E-state index in [0.29, 0.717) is 30.3 Å². The summed E-state index contributed by atoms with van der Waals surface area (Å²) in [6, 6.07) is 13.5. The highest BCUT2D eigenvalue weighted by Gasteiger charge is 2.28. The number of hydrogen-bond donors (Lipinski definition) is 0. The first kappa shape index (κ1) is 20.3. The second kappa shape index (κ2) is 9.20. The SMILES string of the molecule is CC[C@H](Oc1ccc(Cl)c(C)c1)C(=O)N1CCN(c2ccccc2OC)CC1. The highest BCUT2D eigenvalue weighted by atomic mass is 35.5. The van der Waals surface area contributed by atoms with Crippen LogP contribution in [0.15, 0.2) is 42.5 Å². The topological polar surface area (TPSA) is 42.0 Å². The van der Waals surface area contributed by atoms with Gasteiger partial charge in [0.05, 0.1) is 12.8 Å². The predicted molar refractivity (Wildman–Crippen MR) is 113 cm³/mol. The Bertz CT molecular complexity index is 819. The number of benzene rings is 2. The minimum absolute atomic E-state index is 0.0368. The van der Waals surface area contributed by atoms with E-state index in [9.17, 15) is 4.79 Å². The second-order valence-electron chi connectivity index (χ2n) is 6.91. The third-order valence-corrected chi connectivity index (χ3v) is 5.50. The van der Waals surface area contributed by atoms with Gasteiger partial charge in [-0.3, -0.25) is 4.79 Å². The van der Waals surface area contributed by atoms with Crippen LogP contribution in [0.4, 0.5) is 5.69 Å². The second-order valence-corrected chi connectivity index (χ2v) is 7.32. The molecule has 6 heteroatoms. The summed E-state index contributed by atoms with van der Waals surface area (Å²) in [5.74, 6) is 1.57. The van der Waals surface area contributed by atoms with E-state index in [-0.39, 0.29) is 5.91 Å². The van der Waals surface area contributed by atoms with Gasteiger partial charge in [0.15, 0.2) is 6.10 Å². The molecule has 0 saturated carbocycles. The zero-order valence-corrected chi connectivity index (χ0v) is 17.4. The molecule has 1 atom stereocenters. The normalized spacial score (nSPS) is 15.3. The Morgan fingerprint density at radius 2 is 1.86 bits per heavy atom. The fourth-order valence-corrected chi connectivity index (χ4v) is 3.54. The lowest BCUT2D eigenvalue weighted by atomic mass is 10.2. The third kappa shape index (κ3) is 4.53. The van der Waals surface area contributed by atoms with Crippen molar-refractivity contribution >= 4 is 23.2 Å². The van der Waals surface area contributed by atoms with Gasteiger partial charge in [-0.1, -0.05) is 30.7 Å². The molecule has 0 aliphatic carbocycles. The molecular weight excluding hydrogens is 376 g/mol. The average Bonchev–Trinajstić information content (AvgIpc) is 2.74. The number of para-hydroxylation sites is 2. The number of carbonyl (C=O) groups is 1. The van der Waals surface area contributed by atoms with Crippen LogP contribution >= 0.6 is 11.6 Å². The molecule has 3 rings (SSSR count). The smallest absolute Gasteiger partial charge is 0.263 e. The average molecular weight is 403 g/mol. The molecule has 1 amide bonds. The van der Waals surface area contributed by atoms with Crippen molar-refractivity contribution in [1.29, 1.82) is 0 Å². The van der Waals surface area contributed by atoms with Gasteiger partial charge in [0.25, 0.3) is 5.91 Å². The van der Waals surface area contributed by atoms with E-state index in [1.807, 2.05) is 49.1 Å². The van der Waals surface area contributed by atoms with Crippen LogP contribution in [0, 0.1) is 6.92 Å². The van der Waals surface area contributed by atoms with E-state index in [4.69, 9.17) is 21.1 Å². The van der Waals surface area contributed by atoms with Crippen molar-refractivity contribution in [2.75, 3.05) is 38.2 Å². The van der Waals surface area contributed by atoms with Crippen molar-refractivity contribution in [3.05, 3.63) is 53.1 Å². The maximum atomic E-state index is 13.0. The Kier molecular flexibility index (Phi) is 6.68. The summed E-state index contributed by atoms with van der Waals surface area (Å²) in [7, 11) is 1.68. The molecule has 0 N–H and O–H groups in total. The minimum atomic E-state index is -0.488. The van der Waals surface area contributed by atoms with Gasteiger partial charge in [0, 0.05) is 31.2 Å². The standard InChI is InChI=1S/C22H27ClN2O3/c1-4-20(28-17-9-10-18(23)16(2)15-17)22(26)25-13-11-24(12-14-25)19-7-5-6-8-21(19)27-3/h5-10,15,20H,4,11-14H2,1-3H3/t20-/m0/s1. The van der Waals surface area contributed by atoms with E-state index in [2.05, 4.69) is 11.0 Å². The van der Waals surface area contributed by atoms with Crippen LogP contribution in [0.5, 0.6) is 11.5 Å². The summed E-state index contributed by atoms with van der Waals surface area (Å²) in [4.78, 5) is 17.1. The molecule has 0 bridgehead atoms. The van der Waals surface area contributed by atoms with Crippen molar-refractivity contribution in [1.82, 2.24) is 4.90 Å². The van der Waals surface area contributed by atoms with E-state index in [1.54, 1.807) is 13.2 Å². The first-order valence-corrected chi connectivity index (χ1v) is 10.0. The summed E-state index contributed by atoms with van der Waals surface area (Å²) in [6.07, 6.45) is 0.131. The van der Waals surface area contributed by atoms with Crippen molar-refractivity contribution in [3.63, 3.8) is 0 Å². The highest BCUT2D eigenvalue weighted by Crippen LogP contribution is 2.28. The Hall–Kier alpha value is -2.40. The summed E-state index contributed by atoms with van der Waals surface area (Å²) in [6.45, 7) is 6.75. The number of nitrogens with zero attached hydrogens (tertiary/aromatic N) is 2. The van der Waals surface area contributed by atoms with E-state index in [1.165, 1.54) is 0 Å². The van der Waals surface area contributed by atoms with Crippen molar-refractivity contribution in [2.45, 2.75) is 26.4 Å². The van der Waals surface area contributed by atoms with Gasteiger partial charge in [-0.2, -0.15) is 0 Å². The van der Waals surface area contributed by atoms with E-state index < -0.39 is 6.10 Å². The van der Waals surface area contributed by atoms with Gasteiger partial charge in [-0.15, -0.1) is 0 Å². The number of piperazine rings is 1. The van der Waals surface area contributed by atoms with Crippen LogP contribution in [0.3, 0.4) is 0 Å². The fourth-order valence-electron chi connectivity index (χ4n) is 3.43. The van der Waals surface area contributed by atoms with Crippen LogP contribution < -0.4 is 14.4 Å². The lowest BCUT2D eigenvalue weighted by Crippen LogP contribution is -2.52. The first-order valence-electron chi connectivity index (χ1n) is 9.63. The Labute approximate surface area is 171 Å². The Morgan fingerprint density at radius 1 is 1.14 bits per heavy atom. The summed E-state index contributed by atoms with van der Waals surface area (Å²) >= 11 is 6.08. The first-order chi connectivity index (χ1) is 13.5. The molecule has 1 aliphatic heterocycles. The van der Waals surface area contributed by atoms with Crippen LogP contribution in [-0.4, -0.2) is 50.2 Å². The molecule has 2 aromatic rings. The maximum absolute atomic E-state index is 13.0. The van der Waals surface area contributed by atoms with Gasteiger partial charge in [-0.25, -0.2) is 0 Å². The third-order valence-electron chi connectivity index (χ3n) is 5.07. The number of aryl methyl sites for hydroxylation is 1. The molecule has 150 valence electrons. The van der Waals surface area contributed by atoms with Crippen LogP contribution in [0.1, 0.15) is 18.9 Å². The monoisotopic (exact) mass is 402 g/mol. The van der Waals surface area contributed by atoms with Gasteiger partial charge < -0.3 is 19.3 Å². The maximum Gasteiger partial charge on any atom is 0.263 e. The quantitative estimate of drug-likeness (QED) is 0.727. The number of carbonyl (C=O) groups excluding carboxylic acids is 1. The number of amides is 1. The Balaban J connectivity index is 1.62. The van der Waals surface area contributed by atoms with Crippen LogP contribution in [0.2, 0.25) is 5.02 Å². The molecule has 5 nitrogen and oxygen atoms in total. The number of anilines is 1. The largest absolute Gasteiger partial charge is 0.495 e. The summed E-state index contributed by atoms with van der Waals surface area (Å²) in [5, 5.41) is 0.694. The molecule has 0 radical (unpaired) electrons. The molecule has 1 aliphatic rings. The lowest BCUT2D eigenvalue weighted by Gasteiger charge is -2.37. The van der Waals surface area contributed by atoms with Gasteiger partial charge in [-0.05, 0) is 49.2 Å².